The molecule has 96 valence electrons. The fourth-order valence-electron chi connectivity index (χ4n) is 1.87. The third-order valence-corrected chi connectivity index (χ3v) is 4.12. The first-order valence-electron chi connectivity index (χ1n) is 5.99. The summed E-state index contributed by atoms with van der Waals surface area (Å²) in [5.74, 6) is 0. The Labute approximate surface area is 116 Å². The van der Waals surface area contributed by atoms with Crippen LogP contribution in [0.2, 0.25) is 0 Å². The molecule has 0 atom stereocenters. The van der Waals surface area contributed by atoms with Crippen molar-refractivity contribution in [2.75, 3.05) is 6.26 Å². The van der Waals surface area contributed by atoms with Gasteiger partial charge in [0.25, 0.3) is 0 Å². The second kappa shape index (κ2) is 4.89. The Morgan fingerprint density at radius 2 is 1.24 bits per heavy atom. The highest BCUT2D eigenvalue weighted by molar-refractivity contribution is 7.98. The Morgan fingerprint density at radius 3 is 1.47 bits per heavy atom. The van der Waals surface area contributed by atoms with Gasteiger partial charge in [0, 0.05) is 9.79 Å². The van der Waals surface area contributed by atoms with Gasteiger partial charge < -0.3 is 0 Å². The van der Waals surface area contributed by atoms with E-state index in [0.717, 1.165) is 4.90 Å². The molecule has 0 aliphatic carbocycles. The standard InChI is InChI=1S/C15H24S2/c1-14(2,3)11-8-10(17-7)9-12(13(11)16)15(4,5)6/h8-9,16H,1-7H3. The zero-order valence-corrected chi connectivity index (χ0v) is 13.7. The van der Waals surface area contributed by atoms with Gasteiger partial charge in [0.1, 0.15) is 0 Å². The van der Waals surface area contributed by atoms with Crippen molar-refractivity contribution in [1.29, 1.82) is 0 Å². The van der Waals surface area contributed by atoms with Gasteiger partial charge in [-0.25, -0.2) is 0 Å². The molecular weight excluding hydrogens is 244 g/mol. The van der Waals surface area contributed by atoms with Crippen LogP contribution in [0.4, 0.5) is 0 Å². The number of rotatable bonds is 1. The van der Waals surface area contributed by atoms with Crippen LogP contribution < -0.4 is 0 Å². The molecule has 2 heteroatoms. The van der Waals surface area contributed by atoms with Crippen LogP contribution in [0.3, 0.4) is 0 Å². The average Bonchev–Trinajstić information content (AvgIpc) is 2.14. The maximum absolute atomic E-state index is 4.78. The van der Waals surface area contributed by atoms with E-state index in [1.54, 1.807) is 11.8 Å². The van der Waals surface area contributed by atoms with Crippen molar-refractivity contribution in [3.63, 3.8) is 0 Å². The van der Waals surface area contributed by atoms with Gasteiger partial charge in [-0.2, -0.15) is 0 Å². The van der Waals surface area contributed by atoms with E-state index in [1.807, 2.05) is 0 Å². The van der Waals surface area contributed by atoms with E-state index in [-0.39, 0.29) is 10.8 Å². The highest BCUT2D eigenvalue weighted by Gasteiger charge is 2.24. The molecule has 0 aliphatic heterocycles. The van der Waals surface area contributed by atoms with Gasteiger partial charge in [0.2, 0.25) is 0 Å². The molecule has 1 aromatic carbocycles. The molecule has 0 saturated carbocycles. The second-order valence-corrected chi connectivity index (χ2v) is 7.90. The van der Waals surface area contributed by atoms with E-state index in [2.05, 4.69) is 59.9 Å². The van der Waals surface area contributed by atoms with Crippen LogP contribution in [-0.2, 0) is 10.8 Å². The summed E-state index contributed by atoms with van der Waals surface area (Å²) in [6.45, 7) is 13.5. The SMILES string of the molecule is CSc1cc(C(C)(C)C)c(S)c(C(C)(C)C)c1. The topological polar surface area (TPSA) is 0 Å². The predicted molar refractivity (Wildman–Crippen MR) is 82.9 cm³/mol. The Morgan fingerprint density at radius 1 is 0.882 bits per heavy atom. The zero-order chi connectivity index (χ0) is 13.4. The van der Waals surface area contributed by atoms with Gasteiger partial charge in [-0.1, -0.05) is 41.5 Å². The largest absolute Gasteiger partial charge is 0.143 e. The molecular formula is C15H24S2. The molecule has 0 aliphatic rings. The molecule has 0 nitrogen and oxygen atoms in total. The molecule has 0 N–H and O–H groups in total. The van der Waals surface area contributed by atoms with Crippen molar-refractivity contribution >= 4 is 24.4 Å². The third kappa shape index (κ3) is 3.45. The van der Waals surface area contributed by atoms with Gasteiger partial charge in [0.05, 0.1) is 0 Å². The lowest BCUT2D eigenvalue weighted by Gasteiger charge is -2.28. The van der Waals surface area contributed by atoms with E-state index in [4.69, 9.17) is 12.6 Å². The molecule has 0 fully saturated rings. The molecule has 0 radical (unpaired) electrons. The van der Waals surface area contributed by atoms with Crippen LogP contribution >= 0.6 is 24.4 Å². The summed E-state index contributed by atoms with van der Waals surface area (Å²) < 4.78 is 0. The summed E-state index contributed by atoms with van der Waals surface area (Å²) in [5, 5.41) is 0. The Balaban J connectivity index is 3.53. The maximum Gasteiger partial charge on any atom is 0.0116 e. The Kier molecular flexibility index (Phi) is 4.31. The van der Waals surface area contributed by atoms with Crippen molar-refractivity contribution in [3.8, 4) is 0 Å². The van der Waals surface area contributed by atoms with E-state index in [0.29, 0.717) is 0 Å². The highest BCUT2D eigenvalue weighted by atomic mass is 32.2. The van der Waals surface area contributed by atoms with Crippen LogP contribution in [0.25, 0.3) is 0 Å². The van der Waals surface area contributed by atoms with Crippen LogP contribution in [0.1, 0.15) is 52.7 Å². The quantitative estimate of drug-likeness (QED) is 0.533. The first-order chi connectivity index (χ1) is 7.57. The lowest BCUT2D eigenvalue weighted by Crippen LogP contribution is -2.18. The number of thiol groups is 1. The molecule has 0 saturated heterocycles. The summed E-state index contributed by atoms with van der Waals surface area (Å²) in [6.07, 6.45) is 2.13. The summed E-state index contributed by atoms with van der Waals surface area (Å²) in [4.78, 5) is 2.49. The monoisotopic (exact) mass is 268 g/mol. The number of hydrogen-bond acceptors (Lipinski definition) is 2. The summed E-state index contributed by atoms with van der Waals surface area (Å²) >= 11 is 6.58. The van der Waals surface area contributed by atoms with Gasteiger partial charge in [-0.3, -0.25) is 0 Å². The Bertz CT molecular complexity index is 371. The first kappa shape index (κ1) is 15.0. The van der Waals surface area contributed by atoms with Gasteiger partial charge in [-0.15, -0.1) is 24.4 Å². The highest BCUT2D eigenvalue weighted by Crippen LogP contribution is 2.38. The van der Waals surface area contributed by atoms with Gasteiger partial charge in [0.15, 0.2) is 0 Å². The van der Waals surface area contributed by atoms with E-state index >= 15 is 0 Å². The summed E-state index contributed by atoms with van der Waals surface area (Å²) in [7, 11) is 0. The van der Waals surface area contributed by atoms with Crippen LogP contribution in [-0.4, -0.2) is 6.26 Å². The van der Waals surface area contributed by atoms with Crippen molar-refractivity contribution in [1.82, 2.24) is 0 Å². The molecule has 17 heavy (non-hydrogen) atoms. The van der Waals surface area contributed by atoms with Gasteiger partial charge in [-0.05, 0) is 40.3 Å². The second-order valence-electron chi connectivity index (χ2n) is 6.57. The molecule has 0 aromatic heterocycles. The van der Waals surface area contributed by atoms with Crippen molar-refractivity contribution in [3.05, 3.63) is 23.3 Å². The molecule has 0 unspecified atom stereocenters. The first-order valence-corrected chi connectivity index (χ1v) is 7.66. The molecule has 0 bridgehead atoms. The summed E-state index contributed by atoms with van der Waals surface area (Å²) in [5.41, 5.74) is 2.97. The number of thioether (sulfide) groups is 1. The van der Waals surface area contributed by atoms with E-state index < -0.39 is 0 Å². The zero-order valence-electron chi connectivity index (χ0n) is 12.0. The minimum Gasteiger partial charge on any atom is -0.143 e. The average molecular weight is 268 g/mol. The van der Waals surface area contributed by atoms with E-state index in [9.17, 15) is 0 Å². The molecule has 1 rings (SSSR count). The maximum atomic E-state index is 4.78. The predicted octanol–water partition coefficient (Wildman–Crippen LogP) is 5.29. The number of benzene rings is 1. The lowest BCUT2D eigenvalue weighted by atomic mass is 9.80. The third-order valence-electron chi connectivity index (χ3n) is 2.94. The van der Waals surface area contributed by atoms with Crippen LogP contribution in [0, 0.1) is 0 Å². The van der Waals surface area contributed by atoms with Crippen LogP contribution in [0.5, 0.6) is 0 Å². The molecule has 1 aromatic rings. The minimum absolute atomic E-state index is 0.142. The van der Waals surface area contributed by atoms with Crippen LogP contribution in [0.15, 0.2) is 21.9 Å². The van der Waals surface area contributed by atoms with Crippen molar-refractivity contribution in [2.24, 2.45) is 0 Å². The van der Waals surface area contributed by atoms with E-state index in [1.165, 1.54) is 16.0 Å². The van der Waals surface area contributed by atoms with Crippen molar-refractivity contribution < 1.29 is 0 Å². The Hall–Kier alpha value is -0.0800. The minimum atomic E-state index is 0.142. The fourth-order valence-corrected chi connectivity index (χ4v) is 3.14. The van der Waals surface area contributed by atoms with Gasteiger partial charge >= 0.3 is 0 Å². The summed E-state index contributed by atoms with van der Waals surface area (Å²) in [6, 6.07) is 4.56. The molecule has 0 amide bonds. The fraction of sp³-hybridized carbons (Fsp3) is 0.600. The number of hydrogen-bond donors (Lipinski definition) is 1. The lowest BCUT2D eigenvalue weighted by molar-refractivity contribution is 0.544. The normalized spacial score (nSPS) is 12.9. The molecule has 0 heterocycles. The molecule has 0 spiro atoms. The smallest absolute Gasteiger partial charge is 0.0116 e. The van der Waals surface area contributed by atoms with Crippen molar-refractivity contribution in [2.45, 2.75) is 62.2 Å².